The quantitative estimate of drug-likeness (QED) is 0.711. The van der Waals surface area contributed by atoms with Crippen molar-refractivity contribution in [2.75, 3.05) is 0 Å². The standard InChI is InChI=1S/C17H16N2O2S/c1-13(14-5-3-2-4-6-14)19(11-16-18-8-10-22-16)17(20)15-7-9-21-12-15/h2-10,12-13H,11H2,1H3/t13-/m1/s1. The van der Waals surface area contributed by atoms with Crippen molar-refractivity contribution < 1.29 is 9.21 Å². The molecular weight excluding hydrogens is 296 g/mol. The van der Waals surface area contributed by atoms with Crippen LogP contribution < -0.4 is 0 Å². The Morgan fingerprint density at radius 2 is 2.14 bits per heavy atom. The zero-order valence-electron chi connectivity index (χ0n) is 12.2. The highest BCUT2D eigenvalue weighted by atomic mass is 32.1. The lowest BCUT2D eigenvalue weighted by Gasteiger charge is -2.28. The second-order valence-corrected chi connectivity index (χ2v) is 5.94. The van der Waals surface area contributed by atoms with Crippen LogP contribution in [0.3, 0.4) is 0 Å². The summed E-state index contributed by atoms with van der Waals surface area (Å²) in [4.78, 5) is 18.9. The van der Waals surface area contributed by atoms with Crippen LogP contribution in [0.4, 0.5) is 0 Å². The van der Waals surface area contributed by atoms with Gasteiger partial charge in [0.1, 0.15) is 11.3 Å². The van der Waals surface area contributed by atoms with E-state index in [1.165, 1.54) is 12.5 Å². The SMILES string of the molecule is C[C@H](c1ccccc1)N(Cc1nccs1)C(=O)c1ccoc1. The Hall–Kier alpha value is -2.40. The fraction of sp³-hybridized carbons (Fsp3) is 0.176. The van der Waals surface area contributed by atoms with E-state index in [1.54, 1.807) is 23.6 Å². The van der Waals surface area contributed by atoms with Crippen LogP contribution in [0.1, 0.15) is 33.9 Å². The van der Waals surface area contributed by atoms with Gasteiger partial charge in [-0.05, 0) is 18.6 Å². The molecule has 0 saturated carbocycles. The summed E-state index contributed by atoms with van der Waals surface area (Å²) in [5, 5.41) is 2.84. The summed E-state index contributed by atoms with van der Waals surface area (Å²) >= 11 is 1.55. The highest BCUT2D eigenvalue weighted by Gasteiger charge is 2.24. The third-order valence-electron chi connectivity index (χ3n) is 3.57. The summed E-state index contributed by atoms with van der Waals surface area (Å²) in [6.45, 7) is 2.51. The summed E-state index contributed by atoms with van der Waals surface area (Å²) in [7, 11) is 0. The lowest BCUT2D eigenvalue weighted by Crippen LogP contribution is -2.33. The first-order valence-electron chi connectivity index (χ1n) is 7.02. The van der Waals surface area contributed by atoms with Gasteiger partial charge in [0.2, 0.25) is 0 Å². The largest absolute Gasteiger partial charge is 0.472 e. The van der Waals surface area contributed by atoms with Crippen molar-refractivity contribution in [2.45, 2.75) is 19.5 Å². The Bertz CT molecular complexity index is 708. The van der Waals surface area contributed by atoms with Gasteiger partial charge in [-0.15, -0.1) is 11.3 Å². The number of carbonyl (C=O) groups excluding carboxylic acids is 1. The fourth-order valence-electron chi connectivity index (χ4n) is 2.32. The van der Waals surface area contributed by atoms with Crippen LogP contribution in [-0.2, 0) is 6.54 Å². The minimum Gasteiger partial charge on any atom is -0.472 e. The highest BCUT2D eigenvalue weighted by molar-refractivity contribution is 7.09. The smallest absolute Gasteiger partial charge is 0.257 e. The molecule has 0 radical (unpaired) electrons. The van der Waals surface area contributed by atoms with Crippen LogP contribution >= 0.6 is 11.3 Å². The van der Waals surface area contributed by atoms with Gasteiger partial charge in [0, 0.05) is 11.6 Å². The summed E-state index contributed by atoms with van der Waals surface area (Å²) in [5.41, 5.74) is 1.65. The second kappa shape index (κ2) is 6.58. The number of benzene rings is 1. The van der Waals surface area contributed by atoms with E-state index in [-0.39, 0.29) is 11.9 Å². The van der Waals surface area contributed by atoms with Gasteiger partial charge in [0.15, 0.2) is 0 Å². The summed E-state index contributed by atoms with van der Waals surface area (Å²) in [6.07, 6.45) is 4.75. The molecule has 3 rings (SSSR count). The zero-order chi connectivity index (χ0) is 15.4. The molecule has 4 nitrogen and oxygen atoms in total. The number of aromatic nitrogens is 1. The van der Waals surface area contributed by atoms with Crippen LogP contribution in [-0.4, -0.2) is 15.8 Å². The first-order valence-corrected chi connectivity index (χ1v) is 7.90. The van der Waals surface area contributed by atoms with E-state index in [2.05, 4.69) is 4.98 Å². The topological polar surface area (TPSA) is 46.3 Å². The van der Waals surface area contributed by atoms with Crippen molar-refractivity contribution in [1.82, 2.24) is 9.88 Å². The average molecular weight is 312 g/mol. The molecule has 1 atom stereocenters. The highest BCUT2D eigenvalue weighted by Crippen LogP contribution is 2.25. The van der Waals surface area contributed by atoms with Crippen molar-refractivity contribution in [3.63, 3.8) is 0 Å². The maximum Gasteiger partial charge on any atom is 0.257 e. The minimum atomic E-state index is -0.0553. The van der Waals surface area contributed by atoms with E-state index in [1.807, 2.05) is 47.5 Å². The van der Waals surface area contributed by atoms with Crippen LogP contribution in [0, 0.1) is 0 Å². The maximum absolute atomic E-state index is 12.8. The van der Waals surface area contributed by atoms with E-state index >= 15 is 0 Å². The predicted octanol–water partition coefficient (Wildman–Crippen LogP) is 4.14. The Labute approximate surface area is 133 Å². The molecule has 0 aliphatic carbocycles. The monoisotopic (exact) mass is 312 g/mol. The lowest BCUT2D eigenvalue weighted by molar-refractivity contribution is 0.0673. The molecule has 0 aliphatic heterocycles. The number of furan rings is 1. The first kappa shape index (κ1) is 14.5. The molecule has 2 heterocycles. The Kier molecular flexibility index (Phi) is 4.34. The molecule has 5 heteroatoms. The van der Waals surface area contributed by atoms with Gasteiger partial charge >= 0.3 is 0 Å². The molecular formula is C17H16N2O2S. The molecule has 0 saturated heterocycles. The summed E-state index contributed by atoms with van der Waals surface area (Å²) in [5.74, 6) is -0.0553. The van der Waals surface area contributed by atoms with Crippen molar-refractivity contribution in [3.8, 4) is 0 Å². The third kappa shape index (κ3) is 3.09. The van der Waals surface area contributed by atoms with Crippen molar-refractivity contribution in [2.24, 2.45) is 0 Å². The van der Waals surface area contributed by atoms with E-state index in [0.717, 1.165) is 10.6 Å². The van der Waals surface area contributed by atoms with Crippen LogP contribution in [0.5, 0.6) is 0 Å². The molecule has 112 valence electrons. The Morgan fingerprint density at radius 3 is 2.77 bits per heavy atom. The van der Waals surface area contributed by atoms with Gasteiger partial charge in [-0.2, -0.15) is 0 Å². The lowest BCUT2D eigenvalue weighted by atomic mass is 10.1. The fourth-order valence-corrected chi connectivity index (χ4v) is 2.94. The van der Waals surface area contributed by atoms with Crippen molar-refractivity contribution in [1.29, 1.82) is 0 Å². The number of thiazole rings is 1. The molecule has 0 fully saturated rings. The summed E-state index contributed by atoms with van der Waals surface area (Å²) < 4.78 is 5.05. The number of amides is 1. The van der Waals surface area contributed by atoms with Gasteiger partial charge in [0.25, 0.3) is 5.91 Å². The molecule has 0 bridgehead atoms. The Balaban J connectivity index is 1.90. The molecule has 0 spiro atoms. The minimum absolute atomic E-state index is 0.0486. The molecule has 22 heavy (non-hydrogen) atoms. The van der Waals surface area contributed by atoms with Gasteiger partial charge in [-0.25, -0.2) is 4.98 Å². The second-order valence-electron chi connectivity index (χ2n) is 4.96. The van der Waals surface area contributed by atoms with Gasteiger partial charge in [0.05, 0.1) is 24.4 Å². The zero-order valence-corrected chi connectivity index (χ0v) is 13.0. The number of hydrogen-bond acceptors (Lipinski definition) is 4. The molecule has 0 unspecified atom stereocenters. The average Bonchev–Trinajstić information content (AvgIpc) is 3.25. The molecule has 3 aromatic rings. The number of hydrogen-bond donors (Lipinski definition) is 0. The predicted molar refractivity (Wildman–Crippen MR) is 85.6 cm³/mol. The molecule has 1 amide bonds. The summed E-state index contributed by atoms with van der Waals surface area (Å²) in [6, 6.07) is 11.6. The van der Waals surface area contributed by atoms with E-state index in [4.69, 9.17) is 4.42 Å². The van der Waals surface area contributed by atoms with Crippen molar-refractivity contribution in [3.05, 3.63) is 76.6 Å². The molecule has 1 aromatic carbocycles. The van der Waals surface area contributed by atoms with Crippen LogP contribution in [0.15, 0.2) is 64.9 Å². The van der Waals surface area contributed by atoms with Crippen LogP contribution in [0.2, 0.25) is 0 Å². The number of carbonyl (C=O) groups is 1. The van der Waals surface area contributed by atoms with Gasteiger partial charge < -0.3 is 9.32 Å². The Morgan fingerprint density at radius 1 is 1.32 bits per heavy atom. The van der Waals surface area contributed by atoms with E-state index in [0.29, 0.717) is 12.1 Å². The normalized spacial score (nSPS) is 12.0. The number of rotatable bonds is 5. The van der Waals surface area contributed by atoms with Crippen LogP contribution in [0.25, 0.3) is 0 Å². The third-order valence-corrected chi connectivity index (χ3v) is 4.33. The maximum atomic E-state index is 12.8. The molecule has 2 aromatic heterocycles. The number of nitrogens with zero attached hydrogens (tertiary/aromatic N) is 2. The van der Waals surface area contributed by atoms with Gasteiger partial charge in [-0.1, -0.05) is 30.3 Å². The molecule has 0 aliphatic rings. The van der Waals surface area contributed by atoms with Crippen molar-refractivity contribution >= 4 is 17.2 Å². The van der Waals surface area contributed by atoms with Gasteiger partial charge in [-0.3, -0.25) is 4.79 Å². The van der Waals surface area contributed by atoms with E-state index in [9.17, 15) is 4.79 Å². The molecule has 0 N–H and O–H groups in total. The van der Waals surface area contributed by atoms with E-state index < -0.39 is 0 Å². The first-order chi connectivity index (χ1) is 10.8.